The first-order chi connectivity index (χ1) is 11.9. The highest BCUT2D eigenvalue weighted by atomic mass is 16.6. The lowest BCUT2D eigenvalue weighted by Gasteiger charge is -2.44. The summed E-state index contributed by atoms with van der Waals surface area (Å²) in [7, 11) is 0. The summed E-state index contributed by atoms with van der Waals surface area (Å²) < 4.78 is 12.9. The van der Waals surface area contributed by atoms with Gasteiger partial charge < -0.3 is 9.47 Å². The fraction of sp³-hybridized carbons (Fsp3) is 0.591. The highest BCUT2D eigenvalue weighted by Crippen LogP contribution is 2.49. The maximum Gasteiger partial charge on any atom is 0.0873 e. The normalized spacial score (nSPS) is 30.6. The van der Waals surface area contributed by atoms with Crippen LogP contribution in [0.25, 0.3) is 10.9 Å². The Kier molecular flexibility index (Phi) is 4.33. The number of fused-ring (bicyclic) bond motifs is 1. The molecule has 4 rings (SSSR count). The quantitative estimate of drug-likeness (QED) is 0.761. The Morgan fingerprint density at radius 1 is 1.12 bits per heavy atom. The molecular weight excluding hydrogens is 310 g/mol. The molecule has 2 aliphatic rings. The number of hydrogen-bond donors (Lipinski definition) is 0. The maximum absolute atomic E-state index is 6.49. The van der Waals surface area contributed by atoms with Crippen molar-refractivity contribution in [2.24, 2.45) is 11.8 Å². The summed E-state index contributed by atoms with van der Waals surface area (Å²) in [5.41, 5.74) is 2.19. The van der Waals surface area contributed by atoms with Gasteiger partial charge in [-0.25, -0.2) is 0 Å². The topological polar surface area (TPSA) is 31.4 Å². The average Bonchev–Trinajstić information content (AvgIpc) is 3.40. The molecule has 3 nitrogen and oxygen atoms in total. The van der Waals surface area contributed by atoms with E-state index in [0.29, 0.717) is 5.92 Å². The molecule has 0 spiro atoms. The number of hydrogen-bond acceptors (Lipinski definition) is 3. The van der Waals surface area contributed by atoms with E-state index in [2.05, 4.69) is 56.9 Å². The summed E-state index contributed by atoms with van der Waals surface area (Å²) >= 11 is 0. The summed E-state index contributed by atoms with van der Waals surface area (Å²) in [5.74, 6) is 1.38. The molecule has 2 heterocycles. The summed E-state index contributed by atoms with van der Waals surface area (Å²) in [4.78, 5) is 4.51. The monoisotopic (exact) mass is 339 g/mol. The van der Waals surface area contributed by atoms with Crippen LogP contribution in [0.5, 0.6) is 0 Å². The minimum Gasteiger partial charge on any atom is -0.370 e. The minimum atomic E-state index is -0.133. The molecule has 0 radical (unpaired) electrons. The third kappa shape index (κ3) is 3.58. The van der Waals surface area contributed by atoms with Crippen molar-refractivity contribution in [1.82, 2.24) is 4.98 Å². The highest BCUT2D eigenvalue weighted by Gasteiger charge is 2.46. The molecule has 2 aromatic rings. The predicted octanol–water partition coefficient (Wildman–Crippen LogP) is 5.29. The van der Waals surface area contributed by atoms with E-state index in [9.17, 15) is 0 Å². The molecule has 134 valence electrons. The molecule has 0 amide bonds. The van der Waals surface area contributed by atoms with Gasteiger partial charge in [0.15, 0.2) is 0 Å². The van der Waals surface area contributed by atoms with Crippen LogP contribution in [-0.4, -0.2) is 22.8 Å². The third-order valence-corrected chi connectivity index (χ3v) is 5.50. The molecule has 25 heavy (non-hydrogen) atoms. The van der Waals surface area contributed by atoms with Gasteiger partial charge in [0.25, 0.3) is 0 Å². The van der Waals surface area contributed by atoms with Crippen molar-refractivity contribution in [3.05, 3.63) is 42.1 Å². The maximum atomic E-state index is 6.49. The SMILES string of the molecule is CC1OC(c2ccnc3ccccc23)CC(C2CC2)C1OC(C)(C)C. The molecule has 1 saturated carbocycles. The van der Waals surface area contributed by atoms with E-state index in [4.69, 9.17) is 9.47 Å². The zero-order valence-corrected chi connectivity index (χ0v) is 15.7. The van der Waals surface area contributed by atoms with Crippen LogP contribution in [0, 0.1) is 11.8 Å². The van der Waals surface area contributed by atoms with Crippen molar-refractivity contribution in [1.29, 1.82) is 0 Å². The number of nitrogens with zero attached hydrogens (tertiary/aromatic N) is 1. The Morgan fingerprint density at radius 3 is 2.60 bits per heavy atom. The molecule has 3 heteroatoms. The Labute approximate surface area is 150 Å². The van der Waals surface area contributed by atoms with Crippen LogP contribution in [0.2, 0.25) is 0 Å². The van der Waals surface area contributed by atoms with Crippen molar-refractivity contribution in [3.8, 4) is 0 Å². The highest BCUT2D eigenvalue weighted by molar-refractivity contribution is 5.82. The Hall–Kier alpha value is -1.45. The van der Waals surface area contributed by atoms with Gasteiger partial charge in [0.1, 0.15) is 0 Å². The number of benzene rings is 1. The smallest absolute Gasteiger partial charge is 0.0873 e. The van der Waals surface area contributed by atoms with Crippen molar-refractivity contribution < 1.29 is 9.47 Å². The van der Waals surface area contributed by atoms with Gasteiger partial charge in [0.05, 0.1) is 29.4 Å². The van der Waals surface area contributed by atoms with E-state index in [1.165, 1.54) is 23.8 Å². The lowest BCUT2D eigenvalue weighted by Crippen LogP contribution is -2.46. The van der Waals surface area contributed by atoms with Crippen LogP contribution in [0.3, 0.4) is 0 Å². The molecular formula is C22H29NO2. The fourth-order valence-corrected chi connectivity index (χ4v) is 4.30. The number of ether oxygens (including phenoxy) is 2. The Bertz CT molecular complexity index is 742. The Balaban J connectivity index is 1.64. The van der Waals surface area contributed by atoms with Crippen molar-refractivity contribution in [2.75, 3.05) is 0 Å². The molecule has 1 aromatic heterocycles. The summed E-state index contributed by atoms with van der Waals surface area (Å²) in [5, 5.41) is 1.21. The molecule has 1 saturated heterocycles. The van der Waals surface area contributed by atoms with Crippen LogP contribution < -0.4 is 0 Å². The minimum absolute atomic E-state index is 0.107. The van der Waals surface area contributed by atoms with Crippen LogP contribution in [0.1, 0.15) is 58.6 Å². The number of aromatic nitrogens is 1. The number of para-hydroxylation sites is 1. The van der Waals surface area contributed by atoms with Crippen LogP contribution in [-0.2, 0) is 9.47 Å². The first-order valence-electron chi connectivity index (χ1n) is 9.59. The van der Waals surface area contributed by atoms with Gasteiger partial charge >= 0.3 is 0 Å². The first-order valence-corrected chi connectivity index (χ1v) is 9.59. The summed E-state index contributed by atoms with van der Waals surface area (Å²) in [6, 6.07) is 10.5. The van der Waals surface area contributed by atoms with E-state index in [1.54, 1.807) is 0 Å². The molecule has 1 aliphatic heterocycles. The zero-order chi connectivity index (χ0) is 17.6. The average molecular weight is 339 g/mol. The Morgan fingerprint density at radius 2 is 1.88 bits per heavy atom. The molecule has 1 aliphatic carbocycles. The van der Waals surface area contributed by atoms with Gasteiger partial charge in [-0.1, -0.05) is 18.2 Å². The van der Waals surface area contributed by atoms with Crippen molar-refractivity contribution in [3.63, 3.8) is 0 Å². The number of rotatable bonds is 3. The largest absolute Gasteiger partial charge is 0.370 e. The van der Waals surface area contributed by atoms with Crippen LogP contribution in [0.4, 0.5) is 0 Å². The second-order valence-corrected chi connectivity index (χ2v) is 8.68. The molecule has 0 N–H and O–H groups in total. The second-order valence-electron chi connectivity index (χ2n) is 8.68. The van der Waals surface area contributed by atoms with Crippen molar-refractivity contribution in [2.45, 2.75) is 70.9 Å². The van der Waals surface area contributed by atoms with Gasteiger partial charge in [-0.3, -0.25) is 4.98 Å². The van der Waals surface area contributed by atoms with Gasteiger partial charge in [0, 0.05) is 11.6 Å². The lowest BCUT2D eigenvalue weighted by atomic mass is 9.82. The van der Waals surface area contributed by atoms with E-state index >= 15 is 0 Å². The van der Waals surface area contributed by atoms with Crippen molar-refractivity contribution >= 4 is 10.9 Å². The molecule has 1 aromatic carbocycles. The van der Waals surface area contributed by atoms with Crippen LogP contribution >= 0.6 is 0 Å². The summed E-state index contributed by atoms with van der Waals surface area (Å²) in [6.45, 7) is 8.62. The second kappa shape index (κ2) is 6.37. The number of pyridine rings is 1. The standard InChI is InChI=1S/C22H29NO2/c1-14-21(25-22(2,3)4)18(15-9-10-15)13-20(24-14)17-11-12-23-19-8-6-5-7-16(17)19/h5-8,11-12,14-15,18,20-21H,9-10,13H2,1-4H3. The van der Waals surface area contributed by atoms with Gasteiger partial charge in [-0.2, -0.15) is 0 Å². The molecule has 4 unspecified atom stereocenters. The zero-order valence-electron chi connectivity index (χ0n) is 15.7. The first kappa shape index (κ1) is 17.0. The van der Waals surface area contributed by atoms with Crippen LogP contribution in [0.15, 0.2) is 36.5 Å². The van der Waals surface area contributed by atoms with E-state index < -0.39 is 0 Å². The third-order valence-electron chi connectivity index (χ3n) is 5.50. The van der Waals surface area contributed by atoms with E-state index in [-0.39, 0.29) is 23.9 Å². The summed E-state index contributed by atoms with van der Waals surface area (Å²) in [6.07, 6.45) is 6.07. The molecule has 0 bridgehead atoms. The lowest BCUT2D eigenvalue weighted by molar-refractivity contribution is -0.199. The van der Waals surface area contributed by atoms with E-state index in [1.807, 2.05) is 12.3 Å². The van der Waals surface area contributed by atoms with Gasteiger partial charge in [-0.15, -0.1) is 0 Å². The fourth-order valence-electron chi connectivity index (χ4n) is 4.30. The molecule has 2 fully saturated rings. The van der Waals surface area contributed by atoms with Gasteiger partial charge in [0.2, 0.25) is 0 Å². The van der Waals surface area contributed by atoms with Gasteiger partial charge in [-0.05, 0) is 76.5 Å². The molecule has 4 atom stereocenters. The van der Waals surface area contributed by atoms with E-state index in [0.717, 1.165) is 17.9 Å². The predicted molar refractivity (Wildman–Crippen MR) is 100 cm³/mol.